The maximum atomic E-state index is 12.1. The SMILES string of the molecule is CCc1nn(C)cc1C(=O)NC1CS(=O)(=O)CC1Cl. The highest BCUT2D eigenvalue weighted by molar-refractivity contribution is 7.91. The van der Waals surface area contributed by atoms with Gasteiger partial charge in [0.2, 0.25) is 0 Å². The van der Waals surface area contributed by atoms with Crippen molar-refractivity contribution in [3.63, 3.8) is 0 Å². The first kappa shape index (κ1) is 14.3. The van der Waals surface area contributed by atoms with Crippen molar-refractivity contribution in [3.05, 3.63) is 17.5 Å². The smallest absolute Gasteiger partial charge is 0.255 e. The molecule has 0 aromatic carbocycles. The highest BCUT2D eigenvalue weighted by atomic mass is 35.5. The monoisotopic (exact) mass is 305 g/mol. The minimum Gasteiger partial charge on any atom is -0.347 e. The van der Waals surface area contributed by atoms with Crippen molar-refractivity contribution in [1.82, 2.24) is 15.1 Å². The molecule has 2 heterocycles. The van der Waals surface area contributed by atoms with E-state index in [1.54, 1.807) is 17.9 Å². The molecule has 1 saturated heterocycles. The third kappa shape index (κ3) is 3.09. The number of aryl methyl sites for hydroxylation is 2. The topological polar surface area (TPSA) is 81.1 Å². The van der Waals surface area contributed by atoms with Gasteiger partial charge < -0.3 is 5.32 Å². The molecule has 1 N–H and O–H groups in total. The van der Waals surface area contributed by atoms with Crippen LogP contribution >= 0.6 is 11.6 Å². The Morgan fingerprint density at radius 2 is 2.26 bits per heavy atom. The predicted molar refractivity (Wildman–Crippen MR) is 72.1 cm³/mol. The lowest BCUT2D eigenvalue weighted by atomic mass is 10.1. The van der Waals surface area contributed by atoms with Crippen molar-refractivity contribution in [1.29, 1.82) is 0 Å². The van der Waals surface area contributed by atoms with Crippen LogP contribution in [0.2, 0.25) is 0 Å². The van der Waals surface area contributed by atoms with E-state index in [1.807, 2.05) is 6.92 Å². The van der Waals surface area contributed by atoms with Gasteiger partial charge in [0.1, 0.15) is 0 Å². The van der Waals surface area contributed by atoms with E-state index in [9.17, 15) is 13.2 Å². The zero-order valence-corrected chi connectivity index (χ0v) is 12.3. The van der Waals surface area contributed by atoms with E-state index < -0.39 is 21.3 Å². The Morgan fingerprint density at radius 3 is 2.79 bits per heavy atom. The van der Waals surface area contributed by atoms with Crippen molar-refractivity contribution >= 4 is 27.3 Å². The van der Waals surface area contributed by atoms with Gasteiger partial charge in [-0.1, -0.05) is 6.92 Å². The molecule has 106 valence electrons. The summed E-state index contributed by atoms with van der Waals surface area (Å²) in [5.41, 5.74) is 1.16. The van der Waals surface area contributed by atoms with E-state index in [2.05, 4.69) is 10.4 Å². The number of carbonyl (C=O) groups excluding carboxylic acids is 1. The Balaban J connectivity index is 2.13. The second-order valence-corrected chi connectivity index (χ2v) is 7.40. The maximum Gasteiger partial charge on any atom is 0.255 e. The van der Waals surface area contributed by atoms with Crippen LogP contribution in [-0.2, 0) is 23.3 Å². The van der Waals surface area contributed by atoms with Gasteiger partial charge in [-0.15, -0.1) is 11.6 Å². The normalized spacial score (nSPS) is 25.4. The van der Waals surface area contributed by atoms with Gasteiger partial charge in [0.25, 0.3) is 5.91 Å². The molecule has 2 atom stereocenters. The average molecular weight is 306 g/mol. The Labute approximate surface area is 117 Å². The lowest BCUT2D eigenvalue weighted by molar-refractivity contribution is 0.0940. The van der Waals surface area contributed by atoms with Crippen molar-refractivity contribution in [2.24, 2.45) is 7.05 Å². The largest absolute Gasteiger partial charge is 0.347 e. The molecule has 8 heteroatoms. The molecular weight excluding hydrogens is 290 g/mol. The van der Waals surface area contributed by atoms with Crippen LogP contribution < -0.4 is 5.32 Å². The number of nitrogens with zero attached hydrogens (tertiary/aromatic N) is 2. The number of alkyl halides is 1. The first-order valence-electron chi connectivity index (χ1n) is 6.00. The fraction of sp³-hybridized carbons (Fsp3) is 0.636. The van der Waals surface area contributed by atoms with Gasteiger partial charge in [0, 0.05) is 13.2 Å². The molecule has 0 bridgehead atoms. The summed E-state index contributed by atoms with van der Waals surface area (Å²) >= 11 is 5.96. The summed E-state index contributed by atoms with van der Waals surface area (Å²) in [6, 6.07) is -0.538. The van der Waals surface area contributed by atoms with Crippen LogP contribution in [0.5, 0.6) is 0 Å². The third-order valence-electron chi connectivity index (χ3n) is 3.08. The van der Waals surface area contributed by atoms with Gasteiger partial charge in [0.05, 0.1) is 34.2 Å². The van der Waals surface area contributed by atoms with Crippen LogP contribution in [-0.4, -0.2) is 47.0 Å². The molecule has 1 aliphatic heterocycles. The second kappa shape index (κ2) is 5.13. The molecule has 2 rings (SSSR count). The first-order chi connectivity index (χ1) is 8.82. The summed E-state index contributed by atoms with van der Waals surface area (Å²) in [4.78, 5) is 12.1. The molecule has 0 radical (unpaired) electrons. The van der Waals surface area contributed by atoms with Crippen LogP contribution in [0.4, 0.5) is 0 Å². The van der Waals surface area contributed by atoms with E-state index in [0.717, 1.165) is 0 Å². The number of rotatable bonds is 3. The molecule has 0 aliphatic carbocycles. The fourth-order valence-corrected chi connectivity index (χ4v) is 4.72. The van der Waals surface area contributed by atoms with Crippen LogP contribution in [0, 0.1) is 0 Å². The molecule has 1 aliphatic rings. The Kier molecular flexibility index (Phi) is 3.87. The number of carbonyl (C=O) groups is 1. The van der Waals surface area contributed by atoms with Crippen LogP contribution in [0.1, 0.15) is 23.0 Å². The summed E-state index contributed by atoms with van der Waals surface area (Å²) in [5, 5.41) is 6.29. The zero-order chi connectivity index (χ0) is 14.2. The second-order valence-electron chi connectivity index (χ2n) is 4.69. The summed E-state index contributed by atoms with van der Waals surface area (Å²) in [5.74, 6) is -0.514. The summed E-state index contributed by atoms with van der Waals surface area (Å²) in [7, 11) is -1.41. The molecule has 0 spiro atoms. The Morgan fingerprint density at radius 1 is 1.58 bits per heavy atom. The first-order valence-corrected chi connectivity index (χ1v) is 8.26. The molecule has 6 nitrogen and oxygen atoms in total. The number of hydrogen-bond acceptors (Lipinski definition) is 4. The van der Waals surface area contributed by atoms with E-state index in [-0.39, 0.29) is 17.4 Å². The van der Waals surface area contributed by atoms with Crippen molar-refractivity contribution < 1.29 is 13.2 Å². The number of halogens is 1. The molecule has 1 aromatic heterocycles. The van der Waals surface area contributed by atoms with Crippen molar-refractivity contribution in [2.45, 2.75) is 24.8 Å². The number of amides is 1. The molecule has 2 unspecified atom stereocenters. The standard InChI is InChI=1S/C11H16ClN3O3S/c1-3-9-7(4-15(2)14-9)11(16)13-10-6-19(17,18)5-8(10)12/h4,8,10H,3,5-6H2,1-2H3,(H,13,16). The minimum atomic E-state index is -3.15. The number of sulfone groups is 1. The van der Waals surface area contributed by atoms with Crippen molar-refractivity contribution in [2.75, 3.05) is 11.5 Å². The van der Waals surface area contributed by atoms with Gasteiger partial charge in [0.15, 0.2) is 9.84 Å². The minimum absolute atomic E-state index is 0.0901. The lowest BCUT2D eigenvalue weighted by Crippen LogP contribution is -2.40. The predicted octanol–water partition coefficient (Wildman–Crippen LogP) is 0.117. The molecule has 0 saturated carbocycles. The van der Waals surface area contributed by atoms with E-state index >= 15 is 0 Å². The zero-order valence-electron chi connectivity index (χ0n) is 10.8. The summed E-state index contributed by atoms with van der Waals surface area (Å²) in [6.07, 6.45) is 2.26. The van der Waals surface area contributed by atoms with Gasteiger partial charge in [-0.3, -0.25) is 9.48 Å². The van der Waals surface area contributed by atoms with Gasteiger partial charge in [-0.25, -0.2) is 8.42 Å². The van der Waals surface area contributed by atoms with Gasteiger partial charge in [-0.2, -0.15) is 5.10 Å². The summed E-state index contributed by atoms with van der Waals surface area (Å²) in [6.45, 7) is 1.91. The highest BCUT2D eigenvalue weighted by Gasteiger charge is 2.37. The number of hydrogen-bond donors (Lipinski definition) is 1. The number of aromatic nitrogens is 2. The quantitative estimate of drug-likeness (QED) is 0.804. The molecule has 19 heavy (non-hydrogen) atoms. The van der Waals surface area contributed by atoms with E-state index in [0.29, 0.717) is 17.7 Å². The molecule has 1 amide bonds. The fourth-order valence-electron chi connectivity index (χ4n) is 2.17. The van der Waals surface area contributed by atoms with Gasteiger partial charge >= 0.3 is 0 Å². The Hall–Kier alpha value is -1.08. The van der Waals surface area contributed by atoms with E-state index in [4.69, 9.17) is 11.6 Å². The lowest BCUT2D eigenvalue weighted by Gasteiger charge is -2.13. The van der Waals surface area contributed by atoms with E-state index in [1.165, 1.54) is 0 Å². The van der Waals surface area contributed by atoms with Crippen LogP contribution in [0.15, 0.2) is 6.20 Å². The third-order valence-corrected chi connectivity index (χ3v) is 5.46. The van der Waals surface area contributed by atoms with Crippen molar-refractivity contribution in [3.8, 4) is 0 Å². The highest BCUT2D eigenvalue weighted by Crippen LogP contribution is 2.19. The molecular formula is C11H16ClN3O3S. The number of nitrogens with one attached hydrogen (secondary N) is 1. The van der Waals surface area contributed by atoms with Crippen LogP contribution in [0.25, 0.3) is 0 Å². The summed E-state index contributed by atoms with van der Waals surface area (Å²) < 4.78 is 24.5. The van der Waals surface area contributed by atoms with Crippen LogP contribution in [0.3, 0.4) is 0 Å². The van der Waals surface area contributed by atoms with Gasteiger partial charge in [-0.05, 0) is 6.42 Å². The maximum absolute atomic E-state index is 12.1. The molecule has 1 fully saturated rings. The Bertz CT molecular complexity index is 596. The molecule has 1 aromatic rings. The average Bonchev–Trinajstić information content (AvgIpc) is 2.79.